The molecule has 0 unspecified atom stereocenters. The number of fused-ring (bicyclic) bond motifs is 1. The van der Waals surface area contributed by atoms with Gasteiger partial charge < -0.3 is 11.1 Å². The van der Waals surface area contributed by atoms with Crippen LogP contribution in [0, 0.1) is 0 Å². The van der Waals surface area contributed by atoms with Crippen LogP contribution in [0.25, 0.3) is 10.8 Å². The summed E-state index contributed by atoms with van der Waals surface area (Å²) in [5, 5.41) is 9.44. The van der Waals surface area contributed by atoms with Crippen LogP contribution in [0.4, 0.5) is 0 Å². The number of hydrogen-bond acceptors (Lipinski definition) is 5. The summed E-state index contributed by atoms with van der Waals surface area (Å²) in [6.07, 6.45) is 5.03. The molecule has 0 fully saturated rings. The van der Waals surface area contributed by atoms with E-state index in [2.05, 4.69) is 15.4 Å². The van der Waals surface area contributed by atoms with Crippen LogP contribution < -0.4 is 11.1 Å². The zero-order valence-electron chi connectivity index (χ0n) is 10.9. The lowest BCUT2D eigenvalue weighted by atomic mass is 10.3. The molecule has 8 heteroatoms. The number of nitrogens with two attached hydrogens (primary N) is 1. The number of carbonyl (C=O) groups is 1. The average molecular weight is 290 g/mol. The van der Waals surface area contributed by atoms with Crippen LogP contribution in [0.2, 0.25) is 0 Å². The lowest BCUT2D eigenvalue weighted by Gasteiger charge is -2.04. The van der Waals surface area contributed by atoms with Crippen molar-refractivity contribution in [1.82, 2.24) is 24.5 Å². The minimum Gasteiger partial charge on any atom is -0.366 e. The predicted octanol–water partition coefficient (Wildman–Crippen LogP) is 0.790. The van der Waals surface area contributed by atoms with Crippen molar-refractivity contribution in [2.24, 2.45) is 5.73 Å². The first-order valence-electron chi connectivity index (χ1n) is 6.20. The zero-order valence-corrected chi connectivity index (χ0v) is 11.7. The second-order valence-corrected chi connectivity index (χ2v) is 5.13. The van der Waals surface area contributed by atoms with Crippen molar-refractivity contribution in [3.63, 3.8) is 0 Å². The van der Waals surface area contributed by atoms with Crippen LogP contribution >= 0.6 is 11.3 Å². The summed E-state index contributed by atoms with van der Waals surface area (Å²) >= 11 is 1.55. The molecule has 0 aliphatic rings. The summed E-state index contributed by atoms with van der Waals surface area (Å²) in [6, 6.07) is 0. The third kappa shape index (κ3) is 2.08. The van der Waals surface area contributed by atoms with Crippen molar-refractivity contribution in [2.45, 2.75) is 13.5 Å². The Balaban J connectivity index is 2.08. The Hall–Kier alpha value is -2.19. The van der Waals surface area contributed by atoms with E-state index in [1.165, 1.54) is 6.20 Å². The van der Waals surface area contributed by atoms with E-state index in [1.807, 2.05) is 22.9 Å². The maximum Gasteiger partial charge on any atom is 0.251 e. The van der Waals surface area contributed by atoms with Crippen molar-refractivity contribution in [2.75, 3.05) is 6.54 Å². The van der Waals surface area contributed by atoms with E-state index in [-0.39, 0.29) is 0 Å². The number of amides is 1. The van der Waals surface area contributed by atoms with Crippen molar-refractivity contribution >= 4 is 22.2 Å². The van der Waals surface area contributed by atoms with Crippen LogP contribution in [0.15, 0.2) is 24.0 Å². The summed E-state index contributed by atoms with van der Waals surface area (Å²) in [4.78, 5) is 16.6. The Bertz CT molecular complexity index is 755. The van der Waals surface area contributed by atoms with Gasteiger partial charge in [0.05, 0.1) is 17.5 Å². The van der Waals surface area contributed by atoms with Gasteiger partial charge in [-0.1, -0.05) is 6.92 Å². The van der Waals surface area contributed by atoms with Gasteiger partial charge in [-0.05, 0) is 6.54 Å². The molecule has 3 N–H and O–H groups in total. The second kappa shape index (κ2) is 5.06. The quantitative estimate of drug-likeness (QED) is 0.727. The maximum atomic E-state index is 11.2. The molecular formula is C12H14N6OS. The molecule has 7 nitrogen and oxygen atoms in total. The monoisotopic (exact) mass is 290 g/mol. The maximum absolute atomic E-state index is 11.2. The van der Waals surface area contributed by atoms with Gasteiger partial charge in [0.25, 0.3) is 5.91 Å². The van der Waals surface area contributed by atoms with Crippen molar-refractivity contribution in [3.8, 4) is 5.82 Å². The van der Waals surface area contributed by atoms with Crippen LogP contribution in [-0.4, -0.2) is 31.6 Å². The number of thiazole rings is 1. The van der Waals surface area contributed by atoms with Gasteiger partial charge in [0.15, 0.2) is 10.8 Å². The van der Waals surface area contributed by atoms with Gasteiger partial charge in [-0.25, -0.2) is 4.68 Å². The minimum atomic E-state index is -0.495. The molecule has 0 atom stereocenters. The Kier molecular flexibility index (Phi) is 3.25. The third-order valence-electron chi connectivity index (χ3n) is 2.97. The normalized spacial score (nSPS) is 11.2. The van der Waals surface area contributed by atoms with Crippen LogP contribution in [0.3, 0.4) is 0 Å². The summed E-state index contributed by atoms with van der Waals surface area (Å²) in [7, 11) is 0. The fourth-order valence-corrected chi connectivity index (χ4v) is 2.71. The molecule has 3 rings (SSSR count). The highest BCUT2D eigenvalue weighted by molar-refractivity contribution is 7.15. The Labute approximate surface area is 119 Å². The fraction of sp³-hybridized carbons (Fsp3) is 0.250. The lowest BCUT2D eigenvalue weighted by molar-refractivity contribution is 0.100. The Morgan fingerprint density at radius 1 is 1.55 bits per heavy atom. The molecule has 0 spiro atoms. The van der Waals surface area contributed by atoms with Crippen LogP contribution in [-0.2, 0) is 6.54 Å². The molecule has 0 aliphatic heterocycles. The molecule has 0 saturated carbocycles. The van der Waals surface area contributed by atoms with Crippen LogP contribution in [0.5, 0.6) is 0 Å². The molecule has 3 aromatic heterocycles. The summed E-state index contributed by atoms with van der Waals surface area (Å²) in [6.45, 7) is 3.59. The topological polar surface area (TPSA) is 90.2 Å². The molecule has 3 aromatic rings. The molecule has 0 radical (unpaired) electrons. The first kappa shape index (κ1) is 12.8. The molecule has 3 heterocycles. The summed E-state index contributed by atoms with van der Waals surface area (Å²) in [5.74, 6) is 0.218. The van der Waals surface area contributed by atoms with Gasteiger partial charge in [0.1, 0.15) is 0 Å². The van der Waals surface area contributed by atoms with E-state index >= 15 is 0 Å². The number of aromatic nitrogens is 4. The summed E-state index contributed by atoms with van der Waals surface area (Å²) < 4.78 is 3.61. The molecule has 0 bridgehead atoms. The van der Waals surface area contributed by atoms with Gasteiger partial charge in [-0.3, -0.25) is 9.20 Å². The molecule has 0 aliphatic carbocycles. The number of hydrogen-bond donors (Lipinski definition) is 2. The number of rotatable bonds is 5. The van der Waals surface area contributed by atoms with E-state index < -0.39 is 5.91 Å². The second-order valence-electron chi connectivity index (χ2n) is 4.26. The van der Waals surface area contributed by atoms with Crippen LogP contribution in [0.1, 0.15) is 23.0 Å². The predicted molar refractivity (Wildman–Crippen MR) is 76.1 cm³/mol. The highest BCUT2D eigenvalue weighted by Gasteiger charge is 2.16. The van der Waals surface area contributed by atoms with Gasteiger partial charge in [0, 0.05) is 24.3 Å². The standard InChI is InChI=1S/C12H14N6OS/c1-2-14-6-9-11(16-12-17(9)3-4-20-12)18-7-8(5-15-18)10(13)19/h3-5,7,14H,2,6H2,1H3,(H2,13,19). The smallest absolute Gasteiger partial charge is 0.251 e. The van der Waals surface area contributed by atoms with E-state index in [9.17, 15) is 4.79 Å². The van der Waals surface area contributed by atoms with Crippen molar-refractivity contribution in [3.05, 3.63) is 35.2 Å². The number of carbonyl (C=O) groups excluding carboxylic acids is 1. The third-order valence-corrected chi connectivity index (χ3v) is 3.72. The van der Waals surface area contributed by atoms with E-state index in [1.54, 1.807) is 22.2 Å². The number of nitrogens with zero attached hydrogens (tertiary/aromatic N) is 4. The largest absolute Gasteiger partial charge is 0.366 e. The lowest BCUT2D eigenvalue weighted by Crippen LogP contribution is -2.15. The van der Waals surface area contributed by atoms with Crippen molar-refractivity contribution in [1.29, 1.82) is 0 Å². The average Bonchev–Trinajstić information content (AvgIpc) is 3.11. The van der Waals surface area contributed by atoms with E-state index in [0.29, 0.717) is 17.9 Å². The number of nitrogens with one attached hydrogen (secondary N) is 1. The fourth-order valence-electron chi connectivity index (χ4n) is 1.98. The molecule has 20 heavy (non-hydrogen) atoms. The summed E-state index contributed by atoms with van der Waals surface area (Å²) in [5.41, 5.74) is 6.62. The SMILES string of the molecule is CCNCc1c(-n2cc(C(N)=O)cn2)nc2sccn12. The molecule has 0 saturated heterocycles. The highest BCUT2D eigenvalue weighted by atomic mass is 32.1. The van der Waals surface area contributed by atoms with E-state index in [0.717, 1.165) is 17.2 Å². The van der Waals surface area contributed by atoms with E-state index in [4.69, 9.17) is 5.73 Å². The Morgan fingerprint density at radius 3 is 3.10 bits per heavy atom. The highest BCUT2D eigenvalue weighted by Crippen LogP contribution is 2.20. The molecule has 1 amide bonds. The molecule has 0 aromatic carbocycles. The minimum absolute atomic E-state index is 0.371. The number of primary amides is 1. The first-order chi connectivity index (χ1) is 9.70. The van der Waals surface area contributed by atoms with Gasteiger partial charge in [-0.15, -0.1) is 11.3 Å². The van der Waals surface area contributed by atoms with Crippen molar-refractivity contribution < 1.29 is 4.79 Å². The molecule has 104 valence electrons. The van der Waals surface area contributed by atoms with Gasteiger partial charge in [-0.2, -0.15) is 10.1 Å². The van der Waals surface area contributed by atoms with Gasteiger partial charge >= 0.3 is 0 Å². The first-order valence-corrected chi connectivity index (χ1v) is 7.08. The van der Waals surface area contributed by atoms with Gasteiger partial charge in [0.2, 0.25) is 0 Å². The Morgan fingerprint density at radius 2 is 2.40 bits per heavy atom. The zero-order chi connectivity index (χ0) is 14.1. The number of imidazole rings is 1. The molecular weight excluding hydrogens is 276 g/mol.